The van der Waals surface area contributed by atoms with Gasteiger partial charge in [0.1, 0.15) is 6.10 Å². The molecule has 6 nitrogen and oxygen atoms in total. The molecule has 0 heterocycles. The van der Waals surface area contributed by atoms with Crippen LogP contribution in [0, 0.1) is 5.92 Å². The molecule has 7 heteroatoms. The molecule has 0 aromatic rings. The highest BCUT2D eigenvalue weighted by molar-refractivity contribution is 5.85. The number of hydrogen-bond donors (Lipinski definition) is 3. The number of esters is 1. The molecule has 1 rings (SSSR count). The fourth-order valence-electron chi connectivity index (χ4n) is 2.91. The summed E-state index contributed by atoms with van der Waals surface area (Å²) in [5.41, 5.74) is 5.96. The molecule has 1 amide bonds. The van der Waals surface area contributed by atoms with Crippen LogP contribution in [0.2, 0.25) is 0 Å². The number of rotatable bonds is 9. The number of hydrogen-bond acceptors (Lipinski definition) is 5. The van der Waals surface area contributed by atoms with Crippen LogP contribution in [0.25, 0.3) is 0 Å². The maximum atomic E-state index is 11.8. The molecule has 136 valence electrons. The highest BCUT2D eigenvalue weighted by atomic mass is 35.5. The number of ether oxygens (including phenoxy) is 1. The van der Waals surface area contributed by atoms with Gasteiger partial charge in [-0.25, -0.2) is 0 Å². The number of amides is 1. The van der Waals surface area contributed by atoms with E-state index in [1.807, 2.05) is 0 Å². The van der Waals surface area contributed by atoms with E-state index in [0.29, 0.717) is 31.9 Å². The largest absolute Gasteiger partial charge is 0.466 e. The second-order valence-electron chi connectivity index (χ2n) is 6.05. The summed E-state index contributed by atoms with van der Waals surface area (Å²) in [6, 6.07) is -0.520. The fraction of sp³-hybridized carbons (Fsp3) is 0.875. The Morgan fingerprint density at radius 2 is 1.96 bits per heavy atom. The van der Waals surface area contributed by atoms with Crippen LogP contribution >= 0.6 is 12.4 Å². The maximum absolute atomic E-state index is 11.8. The minimum Gasteiger partial charge on any atom is -0.466 e. The maximum Gasteiger partial charge on any atom is 0.305 e. The lowest BCUT2D eigenvalue weighted by atomic mass is 9.84. The zero-order valence-electron chi connectivity index (χ0n) is 14.0. The van der Waals surface area contributed by atoms with Gasteiger partial charge in [0.15, 0.2) is 0 Å². The molecule has 23 heavy (non-hydrogen) atoms. The predicted octanol–water partition coefficient (Wildman–Crippen LogP) is 1.53. The van der Waals surface area contributed by atoms with Gasteiger partial charge in [-0.2, -0.15) is 0 Å². The van der Waals surface area contributed by atoms with Gasteiger partial charge in [-0.15, -0.1) is 12.4 Å². The van der Waals surface area contributed by atoms with Crippen LogP contribution in [0.4, 0.5) is 0 Å². The lowest BCUT2D eigenvalue weighted by molar-refractivity contribution is -0.143. The molecule has 0 aromatic carbocycles. The normalized spacial score (nSPS) is 17.7. The molecule has 4 N–H and O–H groups in total. The molecule has 0 spiro atoms. The number of aliphatic hydroxyl groups is 1. The van der Waals surface area contributed by atoms with Crippen molar-refractivity contribution in [2.75, 3.05) is 13.2 Å². The minimum atomic E-state index is -1.18. The Bertz CT molecular complexity index is 349. The van der Waals surface area contributed by atoms with Gasteiger partial charge < -0.3 is 20.9 Å². The minimum absolute atomic E-state index is 0. The van der Waals surface area contributed by atoms with Crippen molar-refractivity contribution < 1.29 is 19.4 Å². The first kappa shape index (κ1) is 22.1. The van der Waals surface area contributed by atoms with E-state index >= 15 is 0 Å². The summed E-state index contributed by atoms with van der Waals surface area (Å²) in [7, 11) is 0. The average molecular weight is 351 g/mol. The first-order valence-corrected chi connectivity index (χ1v) is 8.41. The Labute approximate surface area is 144 Å². The molecule has 0 saturated heterocycles. The summed E-state index contributed by atoms with van der Waals surface area (Å²) < 4.78 is 4.80. The standard InChI is InChI=1S/C16H30N2O4.ClH/c1-2-22-14(19)9-6-10-18-16(21)15(20)13(17)11-12-7-4-3-5-8-12;/h12-13,15,20H,2-11,17H2,1H3,(H,18,21);1H/t13-,15?;/m1./s1. The van der Waals surface area contributed by atoms with E-state index in [4.69, 9.17) is 10.5 Å². The highest BCUT2D eigenvalue weighted by Gasteiger charge is 2.26. The third kappa shape index (κ3) is 9.13. The van der Waals surface area contributed by atoms with E-state index in [0.717, 1.165) is 12.8 Å². The molecule has 0 bridgehead atoms. The van der Waals surface area contributed by atoms with Crippen molar-refractivity contribution in [1.29, 1.82) is 0 Å². The number of carbonyl (C=O) groups excluding carboxylic acids is 2. The van der Waals surface area contributed by atoms with Gasteiger partial charge in [0, 0.05) is 19.0 Å². The predicted molar refractivity (Wildman–Crippen MR) is 91.3 cm³/mol. The zero-order chi connectivity index (χ0) is 16.4. The van der Waals surface area contributed by atoms with Crippen molar-refractivity contribution in [3.8, 4) is 0 Å². The molecular weight excluding hydrogens is 320 g/mol. The van der Waals surface area contributed by atoms with Crippen LogP contribution in [-0.4, -0.2) is 42.3 Å². The lowest BCUT2D eigenvalue weighted by Crippen LogP contribution is -2.47. The van der Waals surface area contributed by atoms with Crippen LogP contribution in [0.5, 0.6) is 0 Å². The van der Waals surface area contributed by atoms with Gasteiger partial charge in [0.05, 0.1) is 6.61 Å². The summed E-state index contributed by atoms with van der Waals surface area (Å²) in [6.45, 7) is 2.45. The second-order valence-corrected chi connectivity index (χ2v) is 6.05. The van der Waals surface area contributed by atoms with E-state index in [1.165, 1.54) is 19.3 Å². The fourth-order valence-corrected chi connectivity index (χ4v) is 2.91. The van der Waals surface area contributed by atoms with Gasteiger partial charge in [-0.3, -0.25) is 9.59 Å². The molecule has 1 aliphatic rings. The SMILES string of the molecule is CCOC(=O)CCCNC(=O)C(O)[C@H](N)CC1CCCCC1.Cl. The molecule has 1 fully saturated rings. The van der Waals surface area contributed by atoms with E-state index in [2.05, 4.69) is 5.32 Å². The molecule has 1 aliphatic carbocycles. The average Bonchev–Trinajstić information content (AvgIpc) is 2.51. The van der Waals surface area contributed by atoms with Crippen LogP contribution in [0.1, 0.15) is 58.3 Å². The Hall–Kier alpha value is -0.850. The van der Waals surface area contributed by atoms with Crippen molar-refractivity contribution in [2.24, 2.45) is 11.7 Å². The third-order valence-electron chi connectivity index (χ3n) is 4.17. The molecule has 2 atom stereocenters. The summed E-state index contributed by atoms with van der Waals surface area (Å²) in [5.74, 6) is -0.200. The topological polar surface area (TPSA) is 102 Å². The molecule has 0 radical (unpaired) electrons. The molecule has 0 aromatic heterocycles. The molecule has 0 aliphatic heterocycles. The molecule has 1 unspecified atom stereocenters. The summed E-state index contributed by atoms with van der Waals surface area (Å²) in [4.78, 5) is 23.0. The zero-order valence-corrected chi connectivity index (χ0v) is 14.8. The molecular formula is C16H31ClN2O4. The van der Waals surface area contributed by atoms with Gasteiger partial charge in [0.2, 0.25) is 5.91 Å². The smallest absolute Gasteiger partial charge is 0.305 e. The summed E-state index contributed by atoms with van der Waals surface area (Å²) in [6.07, 6.45) is 6.26. The Morgan fingerprint density at radius 1 is 1.30 bits per heavy atom. The Balaban J connectivity index is 0.00000484. The number of halogens is 1. The highest BCUT2D eigenvalue weighted by Crippen LogP contribution is 2.27. The van der Waals surface area contributed by atoms with E-state index < -0.39 is 18.1 Å². The summed E-state index contributed by atoms with van der Waals surface area (Å²) >= 11 is 0. The lowest BCUT2D eigenvalue weighted by Gasteiger charge is -2.26. The van der Waals surface area contributed by atoms with Gasteiger partial charge >= 0.3 is 5.97 Å². The van der Waals surface area contributed by atoms with Crippen LogP contribution in [-0.2, 0) is 14.3 Å². The van der Waals surface area contributed by atoms with Crippen LogP contribution < -0.4 is 11.1 Å². The summed E-state index contributed by atoms with van der Waals surface area (Å²) in [5, 5.41) is 12.6. The van der Waals surface area contributed by atoms with Crippen molar-refractivity contribution in [3.63, 3.8) is 0 Å². The number of aliphatic hydroxyl groups excluding tert-OH is 1. The third-order valence-corrected chi connectivity index (χ3v) is 4.17. The molecule has 1 saturated carbocycles. The monoisotopic (exact) mass is 350 g/mol. The van der Waals surface area contributed by atoms with E-state index in [-0.39, 0.29) is 24.8 Å². The van der Waals surface area contributed by atoms with E-state index in [9.17, 15) is 14.7 Å². The van der Waals surface area contributed by atoms with Crippen LogP contribution in [0.3, 0.4) is 0 Å². The Morgan fingerprint density at radius 3 is 2.57 bits per heavy atom. The van der Waals surface area contributed by atoms with Crippen molar-refractivity contribution in [1.82, 2.24) is 5.32 Å². The van der Waals surface area contributed by atoms with Gasteiger partial charge in [-0.1, -0.05) is 32.1 Å². The van der Waals surface area contributed by atoms with E-state index in [1.54, 1.807) is 6.92 Å². The van der Waals surface area contributed by atoms with Crippen molar-refractivity contribution >= 4 is 24.3 Å². The van der Waals surface area contributed by atoms with Gasteiger partial charge in [0.25, 0.3) is 0 Å². The van der Waals surface area contributed by atoms with Crippen molar-refractivity contribution in [3.05, 3.63) is 0 Å². The Kier molecular flexibility index (Phi) is 12.1. The first-order chi connectivity index (χ1) is 10.5. The first-order valence-electron chi connectivity index (χ1n) is 8.41. The van der Waals surface area contributed by atoms with Crippen LogP contribution in [0.15, 0.2) is 0 Å². The quantitative estimate of drug-likeness (QED) is 0.432. The van der Waals surface area contributed by atoms with Crippen molar-refractivity contribution in [2.45, 2.75) is 70.4 Å². The number of carbonyl (C=O) groups is 2. The second kappa shape index (κ2) is 12.6. The van der Waals surface area contributed by atoms with Gasteiger partial charge in [-0.05, 0) is 25.7 Å². The number of nitrogens with two attached hydrogens (primary N) is 1. The number of nitrogens with one attached hydrogen (secondary N) is 1.